The summed E-state index contributed by atoms with van der Waals surface area (Å²) >= 11 is 0. The van der Waals surface area contributed by atoms with Crippen molar-refractivity contribution in [2.45, 2.75) is 38.5 Å². The number of benzene rings is 11. The van der Waals surface area contributed by atoms with E-state index in [4.69, 9.17) is 4.74 Å². The zero-order valence-electron chi connectivity index (χ0n) is 41.4. The summed E-state index contributed by atoms with van der Waals surface area (Å²) in [7, 11) is 0. The fourth-order valence-corrected chi connectivity index (χ4v) is 12.4. The molecule has 1 heterocycles. The molecule has 0 atom stereocenters. The summed E-state index contributed by atoms with van der Waals surface area (Å²) in [5, 5.41) is 2.21. The van der Waals surface area contributed by atoms with Gasteiger partial charge in [-0.3, -0.25) is 0 Å². The van der Waals surface area contributed by atoms with Crippen LogP contribution in [0.4, 0.5) is 34.1 Å². The predicted octanol–water partition coefficient (Wildman–Crippen LogP) is 19.5. The van der Waals surface area contributed by atoms with Crippen LogP contribution < -0.4 is 14.5 Å². The van der Waals surface area contributed by atoms with E-state index in [-0.39, 0.29) is 10.8 Å². The topological polar surface area (TPSA) is 15.7 Å². The molecule has 348 valence electrons. The third-order valence-corrected chi connectivity index (χ3v) is 16.0. The van der Waals surface area contributed by atoms with E-state index in [0.717, 1.165) is 67.5 Å². The lowest BCUT2D eigenvalue weighted by Crippen LogP contribution is -2.17. The average Bonchev–Trinajstić information content (AvgIpc) is 3.80. The molecule has 0 saturated heterocycles. The van der Waals surface area contributed by atoms with Crippen LogP contribution in [0.15, 0.2) is 243 Å². The maximum atomic E-state index is 7.27. The van der Waals surface area contributed by atoms with E-state index in [1.807, 2.05) is 0 Å². The lowest BCUT2D eigenvalue weighted by molar-refractivity contribution is 0.487. The molecule has 0 aromatic heterocycles. The van der Waals surface area contributed by atoms with Crippen molar-refractivity contribution in [1.82, 2.24) is 0 Å². The van der Waals surface area contributed by atoms with Crippen molar-refractivity contribution >= 4 is 44.9 Å². The van der Waals surface area contributed by atoms with E-state index in [2.05, 4.69) is 280 Å². The highest BCUT2D eigenvalue weighted by molar-refractivity contribution is 6.10. The second-order valence-corrected chi connectivity index (χ2v) is 20.9. The highest BCUT2D eigenvalue weighted by atomic mass is 16.5. The van der Waals surface area contributed by atoms with Crippen molar-refractivity contribution in [2.24, 2.45) is 0 Å². The Morgan fingerprint density at radius 1 is 0.301 bits per heavy atom. The Bertz CT molecular complexity index is 3980. The van der Waals surface area contributed by atoms with E-state index >= 15 is 0 Å². The van der Waals surface area contributed by atoms with Crippen LogP contribution in [0.5, 0.6) is 11.5 Å². The Hall–Kier alpha value is -8.92. The van der Waals surface area contributed by atoms with Crippen molar-refractivity contribution in [3.63, 3.8) is 0 Å². The van der Waals surface area contributed by atoms with Gasteiger partial charge in [0.25, 0.3) is 0 Å². The Morgan fingerprint density at radius 3 is 1.33 bits per heavy atom. The number of anilines is 6. The summed E-state index contributed by atoms with van der Waals surface area (Å²) < 4.78 is 7.27. The molecule has 2 aliphatic carbocycles. The highest BCUT2D eigenvalue weighted by Crippen LogP contribution is 2.57. The van der Waals surface area contributed by atoms with Gasteiger partial charge < -0.3 is 14.5 Å². The molecule has 11 aromatic carbocycles. The maximum absolute atomic E-state index is 7.27. The number of rotatable bonds is 8. The van der Waals surface area contributed by atoms with Gasteiger partial charge in [0.05, 0.1) is 11.4 Å². The second-order valence-electron chi connectivity index (χ2n) is 20.9. The van der Waals surface area contributed by atoms with Crippen LogP contribution in [0, 0.1) is 0 Å². The fraction of sp³-hybridized carbons (Fsp3) is 0.0857. The van der Waals surface area contributed by atoms with Crippen molar-refractivity contribution in [3.05, 3.63) is 265 Å². The van der Waals surface area contributed by atoms with Gasteiger partial charge >= 0.3 is 0 Å². The minimum atomic E-state index is -0.162. The summed E-state index contributed by atoms with van der Waals surface area (Å²) in [6.45, 7) is 9.42. The van der Waals surface area contributed by atoms with Gasteiger partial charge in [0, 0.05) is 50.6 Å². The van der Waals surface area contributed by atoms with E-state index in [1.54, 1.807) is 0 Å². The van der Waals surface area contributed by atoms with Crippen LogP contribution in [0.3, 0.4) is 0 Å². The van der Waals surface area contributed by atoms with Gasteiger partial charge in [0.15, 0.2) is 0 Å². The Kier molecular flexibility index (Phi) is 9.59. The monoisotopic (exact) mass is 936 g/mol. The summed E-state index contributed by atoms with van der Waals surface area (Å²) in [5.41, 5.74) is 23.7. The molecule has 3 nitrogen and oxygen atoms in total. The van der Waals surface area contributed by atoms with Crippen molar-refractivity contribution in [3.8, 4) is 67.1 Å². The number of ether oxygens (including phenoxy) is 1. The van der Waals surface area contributed by atoms with Crippen LogP contribution >= 0.6 is 0 Å². The molecule has 0 N–H and O–H groups in total. The molecule has 1 aliphatic heterocycles. The van der Waals surface area contributed by atoms with Crippen molar-refractivity contribution in [2.75, 3.05) is 9.80 Å². The van der Waals surface area contributed by atoms with Crippen LogP contribution in [0.2, 0.25) is 0 Å². The molecule has 0 unspecified atom stereocenters. The Labute approximate surface area is 427 Å². The molecule has 0 amide bonds. The third kappa shape index (κ3) is 6.72. The molecule has 0 fully saturated rings. The van der Waals surface area contributed by atoms with Gasteiger partial charge in [-0.05, 0) is 144 Å². The van der Waals surface area contributed by atoms with Crippen LogP contribution in [0.1, 0.15) is 49.9 Å². The van der Waals surface area contributed by atoms with Gasteiger partial charge in [-0.2, -0.15) is 0 Å². The molecular formula is C70H52N2O. The van der Waals surface area contributed by atoms with Crippen molar-refractivity contribution in [1.29, 1.82) is 0 Å². The largest absolute Gasteiger partial charge is 0.456 e. The van der Waals surface area contributed by atoms with Gasteiger partial charge in [0.1, 0.15) is 11.5 Å². The Morgan fingerprint density at radius 2 is 0.753 bits per heavy atom. The number of fused-ring (bicyclic) bond motifs is 8. The smallest absolute Gasteiger partial charge is 0.138 e. The van der Waals surface area contributed by atoms with Gasteiger partial charge in [0.2, 0.25) is 0 Å². The van der Waals surface area contributed by atoms with E-state index in [9.17, 15) is 0 Å². The zero-order valence-corrected chi connectivity index (χ0v) is 41.4. The predicted molar refractivity (Wildman–Crippen MR) is 305 cm³/mol. The van der Waals surface area contributed by atoms with Crippen molar-refractivity contribution < 1.29 is 4.74 Å². The first-order valence-corrected chi connectivity index (χ1v) is 25.5. The molecule has 14 rings (SSSR count). The number of hydrogen-bond acceptors (Lipinski definition) is 3. The van der Waals surface area contributed by atoms with E-state index in [1.165, 1.54) is 66.8 Å². The summed E-state index contributed by atoms with van der Waals surface area (Å²) in [6, 6.07) is 88.9. The molecular weight excluding hydrogens is 885 g/mol. The van der Waals surface area contributed by atoms with Crippen LogP contribution in [0.25, 0.3) is 66.4 Å². The van der Waals surface area contributed by atoms with Crippen LogP contribution in [-0.2, 0) is 10.8 Å². The minimum absolute atomic E-state index is 0.154. The standard InChI is InChI=1S/C70H52N2O/c1-69(2)60-25-13-11-22-55(60)57-39-37-52(42-62(57)69)71(50-33-29-47(30-34-50)45-17-7-5-8-18-45)54-41-49-21-15-24-59-67(49)66(44-54)73-65-28-16-27-64(68(59)65)72(51-35-31-48(32-36-51)46-19-9-6-10-20-46)53-38-40-58-56-23-12-14-26-61(56)70(3,4)63(58)43-53/h5-44H,1-4H3. The summed E-state index contributed by atoms with van der Waals surface area (Å²) in [4.78, 5) is 4.84. The lowest BCUT2D eigenvalue weighted by Gasteiger charge is -2.33. The molecule has 11 aromatic rings. The molecule has 3 aliphatic rings. The summed E-state index contributed by atoms with van der Waals surface area (Å²) in [6.07, 6.45) is 0. The number of hydrogen-bond donors (Lipinski definition) is 0. The van der Waals surface area contributed by atoms with Gasteiger partial charge in [-0.15, -0.1) is 0 Å². The first-order valence-electron chi connectivity index (χ1n) is 25.5. The fourth-order valence-electron chi connectivity index (χ4n) is 12.4. The molecule has 3 heteroatoms. The third-order valence-electron chi connectivity index (χ3n) is 16.0. The van der Waals surface area contributed by atoms with Crippen LogP contribution in [-0.4, -0.2) is 0 Å². The Balaban J connectivity index is 0.928. The average molecular weight is 937 g/mol. The molecule has 0 spiro atoms. The minimum Gasteiger partial charge on any atom is -0.456 e. The normalized spacial score (nSPS) is 13.8. The first-order chi connectivity index (χ1) is 35.7. The highest BCUT2D eigenvalue weighted by Gasteiger charge is 2.38. The molecule has 0 saturated carbocycles. The van der Waals surface area contributed by atoms with E-state index in [0.29, 0.717) is 0 Å². The molecule has 0 bridgehead atoms. The number of nitrogens with zero attached hydrogens (tertiary/aromatic N) is 2. The zero-order chi connectivity index (χ0) is 49.0. The maximum Gasteiger partial charge on any atom is 0.138 e. The van der Waals surface area contributed by atoms with E-state index < -0.39 is 0 Å². The molecule has 73 heavy (non-hydrogen) atoms. The van der Waals surface area contributed by atoms with Gasteiger partial charge in [-0.25, -0.2) is 0 Å². The second kappa shape index (κ2) is 16.3. The first kappa shape index (κ1) is 42.9. The SMILES string of the molecule is CC1(C)c2ccccc2-c2ccc(N(c3ccc(-c4ccccc4)cc3)c3cc4c5c(cccc5c3)-c3c(cccc3N(c3ccc(-c5ccccc5)cc3)c3ccc5c(c3)C(C)(C)c3ccccc3-5)O4)cc21. The molecule has 0 radical (unpaired) electrons. The summed E-state index contributed by atoms with van der Waals surface area (Å²) in [5.74, 6) is 1.66. The quantitative estimate of drug-likeness (QED) is 0.151. The lowest BCUT2D eigenvalue weighted by atomic mass is 9.82. The van der Waals surface area contributed by atoms with Gasteiger partial charge in [-0.1, -0.05) is 198 Å².